The van der Waals surface area contributed by atoms with Crippen LogP contribution in [-0.4, -0.2) is 24.4 Å². The van der Waals surface area contributed by atoms with E-state index in [0.29, 0.717) is 29.0 Å². The van der Waals surface area contributed by atoms with Gasteiger partial charge in [-0.25, -0.2) is 0 Å². The van der Waals surface area contributed by atoms with Gasteiger partial charge in [-0.1, -0.05) is 62.4 Å². The predicted molar refractivity (Wildman–Crippen MR) is 127 cm³/mol. The average molecular weight is 435 g/mol. The van der Waals surface area contributed by atoms with Crippen molar-refractivity contribution in [3.8, 4) is 28.5 Å². The molecule has 0 spiro atoms. The van der Waals surface area contributed by atoms with Gasteiger partial charge in [-0.05, 0) is 28.7 Å². The Bertz CT molecular complexity index is 1550. The molecule has 3 heterocycles. The van der Waals surface area contributed by atoms with Gasteiger partial charge in [0.05, 0.1) is 24.6 Å². The van der Waals surface area contributed by atoms with Crippen LogP contribution in [0.4, 0.5) is 0 Å². The minimum atomic E-state index is -0.224. The Morgan fingerprint density at radius 3 is 2.55 bits per heavy atom. The fourth-order valence-corrected chi connectivity index (χ4v) is 4.12. The number of nitrogens with one attached hydrogen (secondary N) is 1. The van der Waals surface area contributed by atoms with Gasteiger partial charge in [0.15, 0.2) is 5.65 Å². The molecule has 0 radical (unpaired) electrons. The molecule has 0 atom stereocenters. The molecule has 162 valence electrons. The molecule has 0 fully saturated rings. The van der Waals surface area contributed by atoms with Gasteiger partial charge in [0.2, 0.25) is 0 Å². The third-order valence-electron chi connectivity index (χ3n) is 5.70. The number of hydrogen-bond donors (Lipinski definition) is 1. The summed E-state index contributed by atoms with van der Waals surface area (Å²) in [5.74, 6) is -0.0335. The topological polar surface area (TPSA) is 91.8 Å². The number of H-pyrrole nitrogens is 1. The summed E-state index contributed by atoms with van der Waals surface area (Å²) < 4.78 is 3.12. The smallest absolute Gasteiger partial charge is 0.278 e. The van der Waals surface area contributed by atoms with E-state index in [4.69, 9.17) is 0 Å². The van der Waals surface area contributed by atoms with Crippen LogP contribution in [0.25, 0.3) is 28.0 Å². The number of hydrogen-bond acceptors (Lipinski definition) is 4. The van der Waals surface area contributed by atoms with Crippen LogP contribution in [0.15, 0.2) is 78.0 Å². The van der Waals surface area contributed by atoms with Crippen LogP contribution in [0.5, 0.6) is 0 Å². The Balaban J connectivity index is 1.53. The molecule has 5 rings (SSSR count). The Morgan fingerprint density at radius 2 is 1.79 bits per heavy atom. The van der Waals surface area contributed by atoms with Crippen molar-refractivity contribution in [3.63, 3.8) is 0 Å². The summed E-state index contributed by atoms with van der Waals surface area (Å²) in [5, 5.41) is 18.0. The minimum absolute atomic E-state index is 0.0335. The highest BCUT2D eigenvalue weighted by molar-refractivity contribution is 5.67. The molecule has 7 heteroatoms. The maximum atomic E-state index is 13.1. The van der Waals surface area contributed by atoms with E-state index in [9.17, 15) is 10.1 Å². The van der Waals surface area contributed by atoms with Crippen LogP contribution in [0, 0.1) is 11.3 Å². The number of nitriles is 1. The normalized spacial score (nSPS) is 11.2. The van der Waals surface area contributed by atoms with Crippen molar-refractivity contribution in [2.24, 2.45) is 0 Å². The van der Waals surface area contributed by atoms with E-state index in [2.05, 4.69) is 51.6 Å². The second-order valence-corrected chi connectivity index (χ2v) is 8.30. The van der Waals surface area contributed by atoms with Crippen molar-refractivity contribution >= 4 is 5.65 Å². The SMILES string of the molecule is CC(C)c1c(-c2cnn(Cc3cccc(-c4ccccc4)c3)c2)[nH]c2c(C#N)cnn2c1=O. The number of benzene rings is 2. The largest absolute Gasteiger partial charge is 0.338 e. The van der Waals surface area contributed by atoms with E-state index in [1.807, 2.05) is 49.0 Å². The summed E-state index contributed by atoms with van der Waals surface area (Å²) >= 11 is 0. The maximum absolute atomic E-state index is 13.1. The number of nitrogens with zero attached hydrogens (tertiary/aromatic N) is 5. The standard InChI is InChI=1S/C26H22N6O/c1-17(2)23-24(30-25-21(12-27)13-29-32(25)26(23)33)22-14-28-31(16-22)15-18-7-6-10-20(11-18)19-8-4-3-5-9-19/h3-11,13-14,16-17,30H,15H2,1-2H3. The number of rotatable bonds is 5. The quantitative estimate of drug-likeness (QED) is 0.438. The summed E-state index contributed by atoms with van der Waals surface area (Å²) in [7, 11) is 0. The van der Waals surface area contributed by atoms with E-state index >= 15 is 0 Å². The molecule has 7 nitrogen and oxygen atoms in total. The molecule has 5 aromatic rings. The summed E-state index contributed by atoms with van der Waals surface area (Å²) in [6, 6.07) is 20.7. The molecule has 2 aromatic carbocycles. The van der Waals surface area contributed by atoms with Gasteiger partial charge >= 0.3 is 0 Å². The van der Waals surface area contributed by atoms with Crippen molar-refractivity contribution in [1.29, 1.82) is 5.26 Å². The number of fused-ring (bicyclic) bond motifs is 1. The van der Waals surface area contributed by atoms with Crippen LogP contribution in [0.2, 0.25) is 0 Å². The summed E-state index contributed by atoms with van der Waals surface area (Å²) in [6.07, 6.45) is 5.08. The van der Waals surface area contributed by atoms with Crippen LogP contribution in [-0.2, 0) is 6.54 Å². The van der Waals surface area contributed by atoms with Crippen LogP contribution < -0.4 is 5.56 Å². The molecule has 3 aromatic heterocycles. The van der Waals surface area contributed by atoms with Crippen molar-refractivity contribution < 1.29 is 0 Å². The molecule has 33 heavy (non-hydrogen) atoms. The highest BCUT2D eigenvalue weighted by Crippen LogP contribution is 2.26. The zero-order valence-electron chi connectivity index (χ0n) is 18.4. The molecule has 0 amide bonds. The van der Waals surface area contributed by atoms with E-state index < -0.39 is 0 Å². The molecular weight excluding hydrogens is 412 g/mol. The lowest BCUT2D eigenvalue weighted by molar-refractivity contribution is 0.687. The summed E-state index contributed by atoms with van der Waals surface area (Å²) in [6.45, 7) is 4.53. The number of aromatic nitrogens is 5. The van der Waals surface area contributed by atoms with Crippen molar-refractivity contribution in [3.05, 3.63) is 100 Å². The van der Waals surface area contributed by atoms with E-state index in [0.717, 1.165) is 16.7 Å². The van der Waals surface area contributed by atoms with Gasteiger partial charge in [0.1, 0.15) is 11.6 Å². The highest BCUT2D eigenvalue weighted by Gasteiger charge is 2.20. The number of aromatic amines is 1. The molecule has 0 bridgehead atoms. The monoisotopic (exact) mass is 434 g/mol. The minimum Gasteiger partial charge on any atom is -0.338 e. The van der Waals surface area contributed by atoms with Crippen LogP contribution in [0.1, 0.15) is 36.5 Å². The molecule has 0 aliphatic rings. The van der Waals surface area contributed by atoms with E-state index in [1.54, 1.807) is 6.20 Å². The zero-order chi connectivity index (χ0) is 22.9. The first-order chi connectivity index (χ1) is 16.0. The third kappa shape index (κ3) is 3.72. The lowest BCUT2D eigenvalue weighted by Crippen LogP contribution is -2.22. The summed E-state index contributed by atoms with van der Waals surface area (Å²) in [4.78, 5) is 16.4. The van der Waals surface area contributed by atoms with E-state index in [1.165, 1.54) is 16.3 Å². The van der Waals surface area contributed by atoms with Crippen molar-refractivity contribution in [1.82, 2.24) is 24.4 Å². The molecular formula is C26H22N6O. The first-order valence-electron chi connectivity index (χ1n) is 10.8. The Labute approximate surface area is 190 Å². The van der Waals surface area contributed by atoms with Crippen LogP contribution >= 0.6 is 0 Å². The Morgan fingerprint density at radius 1 is 1.00 bits per heavy atom. The molecule has 0 saturated heterocycles. The second kappa shape index (κ2) is 8.24. The molecule has 0 saturated carbocycles. The second-order valence-electron chi connectivity index (χ2n) is 8.30. The fourth-order valence-electron chi connectivity index (χ4n) is 4.12. The van der Waals surface area contributed by atoms with Gasteiger partial charge in [-0.15, -0.1) is 0 Å². The van der Waals surface area contributed by atoms with E-state index in [-0.39, 0.29) is 11.5 Å². The first kappa shape index (κ1) is 20.5. The molecule has 0 aliphatic carbocycles. The molecule has 0 unspecified atom stereocenters. The Kier molecular flexibility index (Phi) is 5.11. The first-order valence-corrected chi connectivity index (χ1v) is 10.8. The zero-order valence-corrected chi connectivity index (χ0v) is 18.4. The average Bonchev–Trinajstić information content (AvgIpc) is 3.46. The van der Waals surface area contributed by atoms with Gasteiger partial charge < -0.3 is 4.98 Å². The van der Waals surface area contributed by atoms with Crippen LogP contribution in [0.3, 0.4) is 0 Å². The molecule has 0 aliphatic heterocycles. The molecule has 1 N–H and O–H groups in total. The van der Waals surface area contributed by atoms with Gasteiger partial charge in [-0.2, -0.15) is 20.0 Å². The third-order valence-corrected chi connectivity index (χ3v) is 5.70. The van der Waals surface area contributed by atoms with Gasteiger partial charge in [-0.3, -0.25) is 9.48 Å². The predicted octanol–water partition coefficient (Wildman–Crippen LogP) is 4.60. The Hall–Kier alpha value is -4.44. The lowest BCUT2D eigenvalue weighted by atomic mass is 10.00. The lowest BCUT2D eigenvalue weighted by Gasteiger charge is -2.11. The van der Waals surface area contributed by atoms with Gasteiger partial charge in [0.25, 0.3) is 5.56 Å². The maximum Gasteiger partial charge on any atom is 0.278 e. The highest BCUT2D eigenvalue weighted by atomic mass is 16.1. The van der Waals surface area contributed by atoms with Crippen molar-refractivity contribution in [2.75, 3.05) is 0 Å². The fraction of sp³-hybridized carbons (Fsp3) is 0.154. The summed E-state index contributed by atoms with van der Waals surface area (Å²) in [5.41, 5.74) is 6.02. The van der Waals surface area contributed by atoms with Gasteiger partial charge in [0, 0.05) is 17.3 Å². The van der Waals surface area contributed by atoms with Crippen molar-refractivity contribution in [2.45, 2.75) is 26.3 Å².